The molecule has 0 aromatic carbocycles. The van der Waals surface area contributed by atoms with Crippen LogP contribution in [0, 0.1) is 5.41 Å². The molecule has 0 aromatic rings. The molecule has 0 radical (unpaired) electrons. The minimum Gasteiger partial charge on any atom is -0.780 e. The number of nitrogens with two attached hydrogens (primary N) is 1. The summed E-state index contributed by atoms with van der Waals surface area (Å²) in [7, 11) is -4.03. The van der Waals surface area contributed by atoms with Gasteiger partial charge in [-0.15, -0.1) is 0 Å². The van der Waals surface area contributed by atoms with Crippen LogP contribution in [-0.4, -0.2) is 30.4 Å². The molecular formula is C4H8K2N3O5P. The van der Waals surface area contributed by atoms with E-state index in [2.05, 4.69) is 4.52 Å². The van der Waals surface area contributed by atoms with Gasteiger partial charge in [-0.3, -0.25) is 5.41 Å². The third-order valence-electron chi connectivity index (χ3n) is 0.991. The molecule has 0 atom stereocenters. The average Bonchev–Trinajstić information content (AvgIpc) is 1.81. The van der Waals surface area contributed by atoms with Crippen LogP contribution in [0.15, 0.2) is 0 Å². The summed E-state index contributed by atoms with van der Waals surface area (Å²) in [5, 5.41) is 6.80. The Morgan fingerprint density at radius 2 is 1.93 bits per heavy atom. The van der Waals surface area contributed by atoms with Gasteiger partial charge in [0.05, 0.1) is 0 Å². The Balaban J connectivity index is -0.000000720. The van der Waals surface area contributed by atoms with Crippen molar-refractivity contribution >= 4 is 19.8 Å². The first-order chi connectivity index (χ1) is 5.72. The molecule has 0 rings (SSSR count). The maximum Gasteiger partial charge on any atom is 1.00 e. The SMILES string of the molecule is CN(CC(=O)OP(=O)([O-])[O-])C(=N)N.[K+].[K+]. The summed E-state index contributed by atoms with van der Waals surface area (Å²) >= 11 is 0. The molecule has 0 amide bonds. The molecule has 0 spiro atoms. The monoisotopic (exact) mass is 287 g/mol. The number of hydrogen-bond acceptors (Lipinski definition) is 6. The van der Waals surface area contributed by atoms with Crippen molar-refractivity contribution < 1.29 is 126 Å². The van der Waals surface area contributed by atoms with Crippen molar-refractivity contribution in [1.82, 2.24) is 4.90 Å². The summed E-state index contributed by atoms with van der Waals surface area (Å²) in [5.74, 6) is -1.71. The van der Waals surface area contributed by atoms with Gasteiger partial charge in [0, 0.05) is 7.05 Å². The first-order valence-electron chi connectivity index (χ1n) is 3.02. The Morgan fingerprint density at radius 1 is 1.53 bits per heavy atom. The smallest absolute Gasteiger partial charge is 0.780 e. The van der Waals surface area contributed by atoms with Crippen LogP contribution in [-0.2, 0) is 13.9 Å². The molecular weight excluding hydrogens is 279 g/mol. The van der Waals surface area contributed by atoms with Crippen LogP contribution in [0.2, 0.25) is 0 Å². The number of phosphoric acid groups is 1. The minimum absolute atomic E-state index is 0. The van der Waals surface area contributed by atoms with Crippen molar-refractivity contribution in [1.29, 1.82) is 5.41 Å². The molecule has 0 aliphatic heterocycles. The number of nitrogens with zero attached hydrogens (tertiary/aromatic N) is 1. The van der Waals surface area contributed by atoms with E-state index in [1.165, 1.54) is 7.05 Å². The van der Waals surface area contributed by atoms with Gasteiger partial charge in [0.1, 0.15) is 14.4 Å². The zero-order valence-electron chi connectivity index (χ0n) is 8.72. The zero-order chi connectivity index (χ0) is 10.6. The van der Waals surface area contributed by atoms with Crippen molar-refractivity contribution in [2.75, 3.05) is 13.6 Å². The number of carbonyl (C=O) groups is 1. The Bertz CT molecular complexity index is 269. The summed E-state index contributed by atoms with van der Waals surface area (Å²) in [6, 6.07) is 0. The van der Waals surface area contributed by atoms with Crippen molar-refractivity contribution in [2.45, 2.75) is 0 Å². The average molecular weight is 287 g/mol. The van der Waals surface area contributed by atoms with E-state index in [1.54, 1.807) is 0 Å². The number of rotatable bonds is 3. The van der Waals surface area contributed by atoms with E-state index in [-0.39, 0.29) is 103 Å². The summed E-state index contributed by atoms with van der Waals surface area (Å²) < 4.78 is 13.4. The summed E-state index contributed by atoms with van der Waals surface area (Å²) in [4.78, 5) is 31.3. The predicted octanol–water partition coefficient (Wildman–Crippen LogP) is -8.81. The third-order valence-corrected chi connectivity index (χ3v) is 1.42. The molecule has 76 valence electrons. The van der Waals surface area contributed by atoms with E-state index in [4.69, 9.17) is 11.1 Å². The fourth-order valence-electron chi connectivity index (χ4n) is 0.432. The van der Waals surface area contributed by atoms with Crippen LogP contribution in [0.5, 0.6) is 0 Å². The van der Waals surface area contributed by atoms with E-state index in [1.807, 2.05) is 0 Å². The predicted molar refractivity (Wildman–Crippen MR) is 38.2 cm³/mol. The number of phosphoric ester groups is 1. The largest absolute Gasteiger partial charge is 1.00 e. The fraction of sp³-hybridized carbons (Fsp3) is 0.500. The third kappa shape index (κ3) is 14.1. The normalized spacial score (nSPS) is 9.27. The number of nitrogens with one attached hydrogen (secondary N) is 1. The molecule has 11 heteroatoms. The van der Waals surface area contributed by atoms with Crippen molar-refractivity contribution in [3.8, 4) is 0 Å². The Kier molecular flexibility index (Phi) is 15.1. The van der Waals surface area contributed by atoms with Gasteiger partial charge in [0.25, 0.3) is 0 Å². The van der Waals surface area contributed by atoms with Crippen LogP contribution in [0.25, 0.3) is 0 Å². The van der Waals surface area contributed by atoms with Crippen LogP contribution < -0.4 is 118 Å². The van der Waals surface area contributed by atoms with Gasteiger partial charge in [-0.05, 0) is 0 Å². The number of guanidine groups is 1. The molecule has 0 aromatic heterocycles. The molecule has 0 unspecified atom stereocenters. The van der Waals surface area contributed by atoms with Gasteiger partial charge >= 0.3 is 109 Å². The topological polar surface area (TPSA) is 143 Å². The number of likely N-dealkylation sites (N-methyl/N-ethyl adjacent to an activating group) is 1. The second kappa shape index (κ2) is 10.1. The van der Waals surface area contributed by atoms with Gasteiger partial charge in [-0.1, -0.05) is 0 Å². The molecule has 0 aliphatic carbocycles. The van der Waals surface area contributed by atoms with Crippen molar-refractivity contribution in [3.05, 3.63) is 0 Å². The molecule has 15 heavy (non-hydrogen) atoms. The Labute approximate surface area is 172 Å². The standard InChI is InChI=1S/C4H10N3O5P.2K/c1-7(4(5)6)2-3(8)12-13(9,10)11;;/h2H2,1H3,(H3,5,6)(H2,9,10,11);;/q;2*+1/p-2. The second-order valence-electron chi connectivity index (χ2n) is 2.15. The maximum absolute atomic E-state index is 10.6. The van der Waals surface area contributed by atoms with Crippen LogP contribution >= 0.6 is 7.82 Å². The summed E-state index contributed by atoms with van der Waals surface area (Å²) in [5.41, 5.74) is 4.92. The maximum atomic E-state index is 10.6. The molecule has 0 heterocycles. The van der Waals surface area contributed by atoms with Gasteiger partial charge in [0.15, 0.2) is 5.96 Å². The van der Waals surface area contributed by atoms with Gasteiger partial charge in [-0.25, -0.2) is 4.79 Å². The first kappa shape index (κ1) is 22.4. The minimum atomic E-state index is -5.30. The zero-order valence-corrected chi connectivity index (χ0v) is 15.9. The molecule has 0 fully saturated rings. The van der Waals surface area contributed by atoms with Crippen molar-refractivity contribution in [3.63, 3.8) is 0 Å². The molecule has 0 bridgehead atoms. The van der Waals surface area contributed by atoms with E-state index in [0.29, 0.717) is 0 Å². The quantitative estimate of drug-likeness (QED) is 0.227. The van der Waals surface area contributed by atoms with Crippen LogP contribution in [0.1, 0.15) is 0 Å². The summed E-state index contributed by atoms with van der Waals surface area (Å²) in [6.07, 6.45) is 0. The van der Waals surface area contributed by atoms with E-state index < -0.39 is 26.3 Å². The first-order valence-corrected chi connectivity index (χ1v) is 4.48. The van der Waals surface area contributed by atoms with Crippen LogP contribution in [0.3, 0.4) is 0 Å². The van der Waals surface area contributed by atoms with E-state index in [9.17, 15) is 19.1 Å². The molecule has 0 saturated heterocycles. The molecule has 0 saturated carbocycles. The molecule has 8 nitrogen and oxygen atoms in total. The van der Waals surface area contributed by atoms with Gasteiger partial charge in [-0.2, -0.15) is 0 Å². The van der Waals surface area contributed by atoms with E-state index >= 15 is 0 Å². The summed E-state index contributed by atoms with van der Waals surface area (Å²) in [6.45, 7) is -0.566. The Hall–Kier alpha value is 2.16. The fourth-order valence-corrected chi connectivity index (χ4v) is 0.740. The number of hydrogen-bond donors (Lipinski definition) is 2. The second-order valence-corrected chi connectivity index (χ2v) is 3.23. The molecule has 3 N–H and O–H groups in total. The number of carbonyl (C=O) groups excluding carboxylic acids is 1. The van der Waals surface area contributed by atoms with E-state index in [0.717, 1.165) is 4.90 Å². The Morgan fingerprint density at radius 3 is 2.20 bits per heavy atom. The van der Waals surface area contributed by atoms with Crippen molar-refractivity contribution in [2.24, 2.45) is 5.73 Å². The molecule has 0 aliphatic rings. The van der Waals surface area contributed by atoms with Gasteiger partial charge < -0.3 is 29.5 Å². The van der Waals surface area contributed by atoms with Crippen LogP contribution in [0.4, 0.5) is 0 Å². The van der Waals surface area contributed by atoms with Gasteiger partial charge in [0.2, 0.25) is 0 Å².